The first-order valence-electron chi connectivity index (χ1n) is 9.22. The van der Waals surface area contributed by atoms with Crippen molar-refractivity contribution in [1.29, 1.82) is 0 Å². The fourth-order valence-electron chi connectivity index (χ4n) is 3.13. The van der Waals surface area contributed by atoms with Gasteiger partial charge < -0.3 is 19.9 Å². The molecule has 1 N–H and O–H groups in total. The van der Waals surface area contributed by atoms with E-state index in [0.29, 0.717) is 19.7 Å². The minimum Gasteiger partial charge on any atom is -0.494 e. The Kier molecular flexibility index (Phi) is 5.54. The van der Waals surface area contributed by atoms with Crippen LogP contribution >= 0.6 is 22.9 Å². The molecule has 3 aromatic rings. The predicted octanol–water partition coefficient (Wildman–Crippen LogP) is 4.70. The number of halogens is 1. The number of carbonyl (C=O) groups is 1. The molecular weight excluding hydrogens is 396 g/mol. The lowest BCUT2D eigenvalue weighted by atomic mass is 10.3. The summed E-state index contributed by atoms with van der Waals surface area (Å²) in [6.45, 7) is 5.38. The number of anilines is 2. The highest BCUT2D eigenvalue weighted by atomic mass is 35.5. The Balaban J connectivity index is 1.34. The monoisotopic (exact) mass is 416 g/mol. The van der Waals surface area contributed by atoms with Crippen LogP contribution in [0.25, 0.3) is 10.2 Å². The molecule has 0 saturated carbocycles. The molecule has 2 aromatic carbocycles. The Bertz CT molecular complexity index is 968. The van der Waals surface area contributed by atoms with Crippen LogP contribution in [0.3, 0.4) is 0 Å². The first-order valence-corrected chi connectivity index (χ1v) is 10.4. The number of aromatic nitrogens is 1. The number of ether oxygens (including phenoxy) is 1. The third-order valence-electron chi connectivity index (χ3n) is 4.59. The molecule has 0 bridgehead atoms. The highest BCUT2D eigenvalue weighted by Crippen LogP contribution is 2.31. The molecular formula is C20H21ClN4O2S. The van der Waals surface area contributed by atoms with Crippen molar-refractivity contribution in [3.63, 3.8) is 0 Å². The summed E-state index contributed by atoms with van der Waals surface area (Å²) < 4.78 is 6.51. The van der Waals surface area contributed by atoms with Crippen LogP contribution in [-0.2, 0) is 0 Å². The van der Waals surface area contributed by atoms with E-state index < -0.39 is 0 Å². The van der Waals surface area contributed by atoms with Crippen LogP contribution in [0.1, 0.15) is 6.92 Å². The number of piperazine rings is 1. The van der Waals surface area contributed by atoms with Crippen molar-refractivity contribution in [2.75, 3.05) is 43.0 Å². The lowest BCUT2D eigenvalue weighted by Gasteiger charge is -2.34. The Morgan fingerprint density at radius 3 is 2.64 bits per heavy atom. The van der Waals surface area contributed by atoms with E-state index in [9.17, 15) is 4.79 Å². The molecule has 1 aromatic heterocycles. The largest absolute Gasteiger partial charge is 0.494 e. The molecule has 1 saturated heterocycles. The summed E-state index contributed by atoms with van der Waals surface area (Å²) in [5.74, 6) is 0.797. The van der Waals surface area contributed by atoms with Gasteiger partial charge in [-0.1, -0.05) is 22.9 Å². The van der Waals surface area contributed by atoms with Crippen LogP contribution in [-0.4, -0.2) is 48.7 Å². The van der Waals surface area contributed by atoms with Gasteiger partial charge in [-0.25, -0.2) is 9.78 Å². The van der Waals surface area contributed by atoms with E-state index in [0.717, 1.165) is 44.9 Å². The van der Waals surface area contributed by atoms with Gasteiger partial charge in [-0.05, 0) is 49.4 Å². The smallest absolute Gasteiger partial charge is 0.321 e. The van der Waals surface area contributed by atoms with E-state index in [2.05, 4.69) is 10.2 Å². The van der Waals surface area contributed by atoms with Crippen molar-refractivity contribution >= 4 is 50.0 Å². The molecule has 2 amide bonds. The molecule has 28 heavy (non-hydrogen) atoms. The highest BCUT2D eigenvalue weighted by Gasteiger charge is 2.23. The first kappa shape index (κ1) is 18.8. The summed E-state index contributed by atoms with van der Waals surface area (Å²) in [5, 5.41) is 4.65. The molecule has 6 nitrogen and oxygen atoms in total. The average molecular weight is 417 g/mol. The zero-order valence-corrected chi connectivity index (χ0v) is 17.1. The molecule has 0 radical (unpaired) electrons. The summed E-state index contributed by atoms with van der Waals surface area (Å²) in [6.07, 6.45) is 0. The van der Waals surface area contributed by atoms with Gasteiger partial charge in [-0.2, -0.15) is 0 Å². The molecule has 4 rings (SSSR count). The molecule has 146 valence electrons. The topological polar surface area (TPSA) is 57.7 Å². The zero-order chi connectivity index (χ0) is 19.5. The standard InChI is InChI=1S/C20H21ClN4O2S/c1-2-27-16-6-4-15(5-7-16)22-19(26)24-9-11-25(12-10-24)20-23-17-8-3-14(21)13-18(17)28-20/h3-8,13H,2,9-12H2,1H3,(H,22,26). The number of fused-ring (bicyclic) bond motifs is 1. The van der Waals surface area contributed by atoms with Gasteiger partial charge in [0.25, 0.3) is 0 Å². The van der Waals surface area contributed by atoms with E-state index in [4.69, 9.17) is 21.3 Å². The third-order valence-corrected chi connectivity index (χ3v) is 5.91. The second-order valence-corrected chi connectivity index (χ2v) is 7.92. The molecule has 0 aliphatic carbocycles. The molecule has 1 aliphatic heterocycles. The summed E-state index contributed by atoms with van der Waals surface area (Å²) in [6, 6.07) is 13.1. The van der Waals surface area contributed by atoms with Crippen LogP contribution in [0.2, 0.25) is 5.02 Å². The lowest BCUT2D eigenvalue weighted by molar-refractivity contribution is 0.208. The minimum absolute atomic E-state index is 0.0834. The minimum atomic E-state index is -0.0834. The van der Waals surface area contributed by atoms with E-state index in [1.165, 1.54) is 0 Å². The molecule has 0 spiro atoms. The molecule has 0 unspecified atom stereocenters. The van der Waals surface area contributed by atoms with Crippen molar-refractivity contribution in [3.05, 3.63) is 47.5 Å². The van der Waals surface area contributed by atoms with Crippen molar-refractivity contribution in [3.8, 4) is 5.75 Å². The maximum atomic E-state index is 12.5. The number of urea groups is 1. The van der Waals surface area contributed by atoms with Gasteiger partial charge in [-0.3, -0.25) is 0 Å². The van der Waals surface area contributed by atoms with E-state index in [1.54, 1.807) is 11.3 Å². The molecule has 0 atom stereocenters. The van der Waals surface area contributed by atoms with Crippen LogP contribution in [0, 0.1) is 0 Å². The van der Waals surface area contributed by atoms with Gasteiger partial charge in [0.05, 0.1) is 16.8 Å². The van der Waals surface area contributed by atoms with E-state index in [-0.39, 0.29) is 6.03 Å². The predicted molar refractivity (Wildman–Crippen MR) is 115 cm³/mol. The number of hydrogen-bond acceptors (Lipinski definition) is 5. The second kappa shape index (κ2) is 8.24. The molecule has 1 fully saturated rings. The summed E-state index contributed by atoms with van der Waals surface area (Å²) in [4.78, 5) is 21.3. The van der Waals surface area contributed by atoms with Crippen molar-refractivity contribution < 1.29 is 9.53 Å². The number of thiazole rings is 1. The van der Waals surface area contributed by atoms with Crippen molar-refractivity contribution in [1.82, 2.24) is 9.88 Å². The summed E-state index contributed by atoms with van der Waals surface area (Å²) in [7, 11) is 0. The molecule has 1 aliphatic rings. The normalized spacial score (nSPS) is 14.4. The second-order valence-electron chi connectivity index (χ2n) is 6.47. The highest BCUT2D eigenvalue weighted by molar-refractivity contribution is 7.22. The maximum absolute atomic E-state index is 12.5. The summed E-state index contributed by atoms with van der Waals surface area (Å²) in [5.41, 5.74) is 1.72. The van der Waals surface area contributed by atoms with Crippen LogP contribution in [0.4, 0.5) is 15.6 Å². The fraction of sp³-hybridized carbons (Fsp3) is 0.300. The van der Waals surface area contributed by atoms with Gasteiger partial charge >= 0.3 is 6.03 Å². The van der Waals surface area contributed by atoms with Crippen molar-refractivity contribution in [2.24, 2.45) is 0 Å². The Morgan fingerprint density at radius 2 is 1.93 bits per heavy atom. The molecule has 2 heterocycles. The first-order chi connectivity index (χ1) is 13.6. The SMILES string of the molecule is CCOc1ccc(NC(=O)N2CCN(c3nc4ccc(Cl)cc4s3)CC2)cc1. The van der Waals surface area contributed by atoms with Gasteiger partial charge in [0.1, 0.15) is 5.75 Å². The fourth-order valence-corrected chi connectivity index (χ4v) is 4.42. The quantitative estimate of drug-likeness (QED) is 0.669. The lowest BCUT2D eigenvalue weighted by Crippen LogP contribution is -2.50. The third kappa shape index (κ3) is 4.15. The number of benzene rings is 2. The van der Waals surface area contributed by atoms with Gasteiger partial charge in [0.15, 0.2) is 5.13 Å². The Hall–Kier alpha value is -2.51. The van der Waals surface area contributed by atoms with Crippen LogP contribution < -0.4 is 15.0 Å². The number of hydrogen-bond donors (Lipinski definition) is 1. The van der Waals surface area contributed by atoms with Gasteiger partial charge in [-0.15, -0.1) is 0 Å². The number of carbonyl (C=O) groups excluding carboxylic acids is 1. The Labute approximate surface area is 172 Å². The van der Waals surface area contributed by atoms with Crippen molar-refractivity contribution in [2.45, 2.75) is 6.92 Å². The number of nitrogens with zero attached hydrogens (tertiary/aromatic N) is 3. The van der Waals surface area contributed by atoms with E-state index in [1.807, 2.05) is 54.3 Å². The van der Waals surface area contributed by atoms with E-state index >= 15 is 0 Å². The maximum Gasteiger partial charge on any atom is 0.321 e. The number of amides is 2. The number of nitrogens with one attached hydrogen (secondary N) is 1. The van der Waals surface area contributed by atoms with Crippen LogP contribution in [0.15, 0.2) is 42.5 Å². The molecule has 8 heteroatoms. The summed E-state index contributed by atoms with van der Waals surface area (Å²) >= 11 is 7.70. The van der Waals surface area contributed by atoms with Gasteiger partial charge in [0, 0.05) is 36.9 Å². The number of rotatable bonds is 4. The van der Waals surface area contributed by atoms with Crippen LogP contribution in [0.5, 0.6) is 5.75 Å². The Morgan fingerprint density at radius 1 is 1.18 bits per heavy atom. The zero-order valence-electron chi connectivity index (χ0n) is 15.5. The van der Waals surface area contributed by atoms with Gasteiger partial charge in [0.2, 0.25) is 0 Å². The average Bonchev–Trinajstić information content (AvgIpc) is 3.13.